The van der Waals surface area contributed by atoms with E-state index in [2.05, 4.69) is 24.4 Å². The highest BCUT2D eigenvalue weighted by atomic mass is 16.5. The number of rotatable bonds is 20. The smallest absolute Gasteiger partial charge is 0.226 e. The molecule has 0 radical (unpaired) electrons. The lowest BCUT2D eigenvalue weighted by Crippen LogP contribution is -2.46. The largest absolute Gasteiger partial charge is 0.492 e. The predicted molar refractivity (Wildman–Crippen MR) is 252 cm³/mol. The van der Waals surface area contributed by atoms with Crippen molar-refractivity contribution in [2.45, 2.75) is 97.6 Å². The molecule has 4 atom stereocenters. The Morgan fingerprint density at radius 1 is 0.894 bits per heavy atom. The number of ether oxygens (including phenoxy) is 2. The fourth-order valence-corrected chi connectivity index (χ4v) is 8.42. The second-order valence-corrected chi connectivity index (χ2v) is 17.0. The second kappa shape index (κ2) is 24.3. The third-order valence-corrected chi connectivity index (χ3v) is 11.9. The van der Waals surface area contributed by atoms with Crippen LogP contribution in [0.2, 0.25) is 0 Å². The number of amides is 2. The van der Waals surface area contributed by atoms with E-state index in [1.807, 2.05) is 24.3 Å². The van der Waals surface area contributed by atoms with Crippen LogP contribution < -0.4 is 32.0 Å². The van der Waals surface area contributed by atoms with Crippen molar-refractivity contribution >= 4 is 29.2 Å². The maximum Gasteiger partial charge on any atom is 0.226 e. The molecule has 66 heavy (non-hydrogen) atoms. The van der Waals surface area contributed by atoms with Gasteiger partial charge in [-0.25, -0.2) is 9.97 Å². The first-order valence-corrected chi connectivity index (χ1v) is 22.8. The number of carbonyl (C=O) groups is 5. The molecule has 0 saturated heterocycles. The summed E-state index contributed by atoms with van der Waals surface area (Å²) in [6, 6.07) is 18.4. The van der Waals surface area contributed by atoms with Gasteiger partial charge in [-0.3, -0.25) is 24.0 Å². The molecule has 0 unspecified atom stereocenters. The van der Waals surface area contributed by atoms with Gasteiger partial charge in [0, 0.05) is 74.3 Å². The number of ketones is 3. The zero-order chi connectivity index (χ0) is 47.9. The van der Waals surface area contributed by atoms with Gasteiger partial charge in [-0.2, -0.15) is 5.26 Å². The molecule has 0 fully saturated rings. The molecule has 5 rings (SSSR count). The van der Waals surface area contributed by atoms with Crippen LogP contribution >= 0.6 is 0 Å². The van der Waals surface area contributed by atoms with E-state index < -0.39 is 41.5 Å². The van der Waals surface area contributed by atoms with E-state index in [1.165, 1.54) is 17.5 Å². The molecule has 1 aromatic heterocycles. The van der Waals surface area contributed by atoms with Gasteiger partial charge in [-0.15, -0.1) is 0 Å². The Hall–Kier alpha value is -6.34. The van der Waals surface area contributed by atoms with Gasteiger partial charge in [-0.1, -0.05) is 56.7 Å². The van der Waals surface area contributed by atoms with Gasteiger partial charge in [0.05, 0.1) is 29.1 Å². The second-order valence-electron chi connectivity index (χ2n) is 17.0. The van der Waals surface area contributed by atoms with E-state index in [0.717, 1.165) is 24.8 Å². The number of nitrogens with zero attached hydrogens (tertiary/aromatic N) is 4. The number of Topliss-reactive ketones (excluding diaryl/α,β-unsaturated/α-hetero) is 3. The van der Waals surface area contributed by atoms with Crippen molar-refractivity contribution < 1.29 is 33.4 Å². The van der Waals surface area contributed by atoms with Crippen molar-refractivity contribution in [1.82, 2.24) is 20.2 Å². The number of nitriles is 1. The summed E-state index contributed by atoms with van der Waals surface area (Å²) in [6.07, 6.45) is 2.80. The van der Waals surface area contributed by atoms with Crippen molar-refractivity contribution in [1.29, 1.82) is 5.26 Å². The predicted octanol–water partition coefficient (Wildman–Crippen LogP) is 5.69. The van der Waals surface area contributed by atoms with Crippen LogP contribution in [-0.4, -0.2) is 90.0 Å². The molecule has 1 aliphatic heterocycles. The maximum absolute atomic E-state index is 14.8. The number of aryl methyl sites for hydroxylation is 3. The zero-order valence-electron chi connectivity index (χ0n) is 38.9. The minimum Gasteiger partial charge on any atom is -0.492 e. The van der Waals surface area contributed by atoms with Crippen molar-refractivity contribution in [3.8, 4) is 40.1 Å². The summed E-state index contributed by atoms with van der Waals surface area (Å²) in [7, 11) is 1.51. The van der Waals surface area contributed by atoms with Crippen molar-refractivity contribution in [3.63, 3.8) is 0 Å². The molecule has 4 bridgehead atoms. The monoisotopic (exact) mass is 900 g/mol. The summed E-state index contributed by atoms with van der Waals surface area (Å²) in [5, 5.41) is 12.1. The Morgan fingerprint density at radius 3 is 2.14 bits per heavy atom. The van der Waals surface area contributed by atoms with E-state index in [1.54, 1.807) is 51.1 Å². The highest BCUT2D eigenvalue weighted by Gasteiger charge is 2.36. The van der Waals surface area contributed by atoms with Crippen molar-refractivity contribution in [2.75, 3.05) is 39.9 Å². The molecule has 15 nitrogen and oxygen atoms in total. The number of fused-ring (bicyclic) bond motifs is 5. The topological polar surface area (TPSA) is 247 Å². The highest BCUT2D eigenvalue weighted by Crippen LogP contribution is 2.41. The summed E-state index contributed by atoms with van der Waals surface area (Å²) < 4.78 is 12.3. The quantitative estimate of drug-likeness (QED) is 0.0780. The summed E-state index contributed by atoms with van der Waals surface area (Å²) in [6.45, 7) is 8.11. The van der Waals surface area contributed by atoms with Gasteiger partial charge in [0.2, 0.25) is 11.8 Å². The van der Waals surface area contributed by atoms with Crippen LogP contribution in [0.15, 0.2) is 60.7 Å². The van der Waals surface area contributed by atoms with Crippen LogP contribution in [0.4, 0.5) is 0 Å². The van der Waals surface area contributed by atoms with Gasteiger partial charge >= 0.3 is 0 Å². The van der Waals surface area contributed by atoms with Crippen LogP contribution in [0.1, 0.15) is 103 Å². The SMILES string of the molecule is CCCCc1ccc(-c2nc(C)c(C(=O)C[C@@H](CCN)C(=O)N(C)[C@@H]3C(=O)C[C@@H](C)C(=O)N[C@H](C(=O)CCC#N)Cc4ccc(OCCN)c(c4)-c4cc3ccc4OCCN)c(C)n2)cc1. The Kier molecular flexibility index (Phi) is 18.6. The van der Waals surface area contributed by atoms with E-state index in [0.29, 0.717) is 56.5 Å². The number of likely N-dealkylation sites (N-methyl/N-ethyl adjacent to an activating group) is 1. The molecule has 3 aromatic carbocycles. The van der Waals surface area contributed by atoms with Crippen LogP contribution in [0.3, 0.4) is 0 Å². The number of hydrogen-bond acceptors (Lipinski definition) is 13. The number of carbonyl (C=O) groups excluding carboxylic acids is 5. The van der Waals surface area contributed by atoms with Gasteiger partial charge in [0.1, 0.15) is 30.8 Å². The van der Waals surface area contributed by atoms with Gasteiger partial charge in [0.15, 0.2) is 23.2 Å². The molecule has 4 aromatic rings. The van der Waals surface area contributed by atoms with Crippen LogP contribution in [0.5, 0.6) is 11.5 Å². The van der Waals surface area contributed by atoms with Crippen molar-refractivity contribution in [2.24, 2.45) is 29.0 Å². The first-order chi connectivity index (χ1) is 31.7. The standard InChI is InChI=1S/C51H64N8O7/c1-6-7-9-34-11-14-36(15-12-34)49-56-32(3)47(33(4)57-49)43(61)30-38(19-21-53)51(64)59(5)48-37-16-18-46(66-25-23-55)40(29-37)39-27-35(13-17-45(39)65-24-22-54)28-41(42(60)10-8-20-52)58-50(63)31(2)26-44(48)62/h11-18,27,29,31,38,41,48H,6-10,19,21-26,28,30,53-55H2,1-5H3,(H,58,63)/t31-,38-,41+,48+/m1/s1. The minimum absolute atomic E-state index is 0.0305. The summed E-state index contributed by atoms with van der Waals surface area (Å²) >= 11 is 0. The van der Waals surface area contributed by atoms with E-state index >= 15 is 0 Å². The average Bonchev–Trinajstić information content (AvgIpc) is 3.30. The number of benzene rings is 3. The third kappa shape index (κ3) is 12.7. The lowest BCUT2D eigenvalue weighted by molar-refractivity contribution is -0.142. The average molecular weight is 901 g/mol. The van der Waals surface area contributed by atoms with E-state index in [9.17, 15) is 29.2 Å². The first kappa shape index (κ1) is 50.7. The van der Waals surface area contributed by atoms with E-state index in [-0.39, 0.29) is 82.9 Å². The molecule has 15 heteroatoms. The normalized spacial score (nSPS) is 16.6. The number of hydrogen-bond donors (Lipinski definition) is 4. The molecule has 0 saturated carbocycles. The first-order valence-electron chi connectivity index (χ1n) is 22.8. The number of unbranched alkanes of at least 4 members (excludes halogenated alkanes) is 1. The molecule has 0 spiro atoms. The van der Waals surface area contributed by atoms with E-state index in [4.69, 9.17) is 36.6 Å². The van der Waals surface area contributed by atoms with Crippen LogP contribution in [-0.2, 0) is 32.0 Å². The Balaban J connectivity index is 1.56. The zero-order valence-corrected chi connectivity index (χ0v) is 38.9. The minimum atomic E-state index is -1.24. The molecule has 350 valence electrons. The molecule has 2 amide bonds. The molecule has 7 N–H and O–H groups in total. The third-order valence-electron chi connectivity index (χ3n) is 11.9. The maximum atomic E-state index is 14.8. The van der Waals surface area contributed by atoms with Crippen LogP contribution in [0.25, 0.3) is 22.5 Å². The fourth-order valence-electron chi connectivity index (χ4n) is 8.42. The summed E-state index contributed by atoms with van der Waals surface area (Å²) in [5.41, 5.74) is 23.3. The Labute approximate surface area is 387 Å². The van der Waals surface area contributed by atoms with Gasteiger partial charge in [0.25, 0.3) is 0 Å². The fraction of sp³-hybridized carbons (Fsp3) is 0.451. The molecule has 0 aliphatic carbocycles. The Morgan fingerprint density at radius 2 is 1.53 bits per heavy atom. The lowest BCUT2D eigenvalue weighted by atomic mass is 9.88. The molecular formula is C51H64N8O7. The molecule has 2 heterocycles. The number of nitrogens with two attached hydrogens (primary N) is 3. The number of aromatic nitrogens is 2. The number of nitrogens with one attached hydrogen (secondary N) is 1. The van der Waals surface area contributed by atoms with Gasteiger partial charge in [-0.05, 0) is 87.0 Å². The van der Waals surface area contributed by atoms with Crippen LogP contribution in [0, 0.1) is 37.0 Å². The Bertz CT molecular complexity index is 2390. The highest BCUT2D eigenvalue weighted by molar-refractivity contribution is 6.01. The lowest BCUT2D eigenvalue weighted by Gasteiger charge is -2.32. The van der Waals surface area contributed by atoms with Crippen molar-refractivity contribution in [3.05, 3.63) is 94.3 Å². The summed E-state index contributed by atoms with van der Waals surface area (Å²) in [5.74, 6) is -2.64. The molecular weight excluding hydrogens is 837 g/mol. The van der Waals surface area contributed by atoms with Gasteiger partial charge < -0.3 is 36.9 Å². The molecule has 1 aliphatic rings. The summed E-state index contributed by atoms with van der Waals surface area (Å²) in [4.78, 5) is 81.9.